The van der Waals surface area contributed by atoms with Gasteiger partial charge < -0.3 is 5.32 Å². The van der Waals surface area contributed by atoms with Gasteiger partial charge in [-0.15, -0.1) is 5.10 Å². The van der Waals surface area contributed by atoms with Crippen LogP contribution in [0.2, 0.25) is 0 Å². The number of benzene rings is 2. The Morgan fingerprint density at radius 3 is 2.69 bits per heavy atom. The van der Waals surface area contributed by atoms with E-state index in [4.69, 9.17) is 5.10 Å². The molecular formula is C22H19FN4OS. The average Bonchev–Trinajstić information content (AvgIpc) is 3.15. The molecule has 29 heavy (non-hydrogen) atoms. The normalized spacial score (nSPS) is 18.2. The molecule has 0 unspecified atom stereocenters. The van der Waals surface area contributed by atoms with Gasteiger partial charge in [0.1, 0.15) is 11.9 Å². The molecule has 5 nitrogen and oxygen atoms in total. The number of Topliss-reactive ketones (excluding diaryl/α,β-unsaturated/α-hetero) is 1. The minimum absolute atomic E-state index is 0.118. The molecule has 0 spiro atoms. The van der Waals surface area contributed by atoms with E-state index in [9.17, 15) is 9.18 Å². The summed E-state index contributed by atoms with van der Waals surface area (Å²) in [4.78, 5) is 17.4. The summed E-state index contributed by atoms with van der Waals surface area (Å²) in [6, 6.07) is 16.1. The van der Waals surface area contributed by atoms with Gasteiger partial charge in [0, 0.05) is 23.4 Å². The van der Waals surface area contributed by atoms with E-state index >= 15 is 0 Å². The second-order valence-electron chi connectivity index (χ2n) is 7.18. The maximum absolute atomic E-state index is 13.5. The van der Waals surface area contributed by atoms with Crippen molar-refractivity contribution < 1.29 is 9.18 Å². The number of nitrogens with zero attached hydrogens (tertiary/aromatic N) is 3. The molecule has 2 aliphatic rings. The first-order chi connectivity index (χ1) is 14.2. The Hall–Kier alpha value is -2.93. The van der Waals surface area contributed by atoms with E-state index in [0.29, 0.717) is 17.5 Å². The van der Waals surface area contributed by atoms with E-state index in [0.717, 1.165) is 35.4 Å². The molecule has 0 bridgehead atoms. The van der Waals surface area contributed by atoms with Gasteiger partial charge in [-0.1, -0.05) is 54.2 Å². The van der Waals surface area contributed by atoms with Crippen molar-refractivity contribution in [2.75, 3.05) is 5.32 Å². The Morgan fingerprint density at radius 1 is 1.10 bits per heavy atom. The van der Waals surface area contributed by atoms with Crippen LogP contribution in [0, 0.1) is 5.82 Å². The number of anilines is 1. The number of allylic oxidation sites excluding steroid dienone is 2. The molecule has 2 aromatic carbocycles. The third kappa shape index (κ3) is 3.46. The molecule has 0 saturated carbocycles. The van der Waals surface area contributed by atoms with Crippen molar-refractivity contribution in [3.63, 3.8) is 0 Å². The van der Waals surface area contributed by atoms with Crippen molar-refractivity contribution in [2.24, 2.45) is 0 Å². The van der Waals surface area contributed by atoms with Gasteiger partial charge >= 0.3 is 0 Å². The Balaban J connectivity index is 1.52. The number of carbonyl (C=O) groups is 1. The number of hydrogen-bond donors (Lipinski definition) is 1. The van der Waals surface area contributed by atoms with Crippen LogP contribution in [-0.2, 0) is 10.5 Å². The van der Waals surface area contributed by atoms with E-state index in [1.165, 1.54) is 17.7 Å². The second-order valence-corrected chi connectivity index (χ2v) is 8.13. The van der Waals surface area contributed by atoms with Crippen molar-refractivity contribution in [1.82, 2.24) is 14.8 Å². The fourth-order valence-electron chi connectivity index (χ4n) is 3.87. The fourth-order valence-corrected chi connectivity index (χ4v) is 4.66. The maximum Gasteiger partial charge on any atom is 0.227 e. The van der Waals surface area contributed by atoms with Crippen molar-refractivity contribution in [3.8, 4) is 0 Å². The zero-order chi connectivity index (χ0) is 19.8. The summed E-state index contributed by atoms with van der Waals surface area (Å²) >= 11 is 1.55. The third-order valence-corrected chi connectivity index (χ3v) is 6.15. The van der Waals surface area contributed by atoms with Gasteiger partial charge in [0.05, 0.1) is 0 Å². The first-order valence-corrected chi connectivity index (χ1v) is 10.6. The molecule has 0 radical (unpaired) electrons. The molecule has 5 rings (SSSR count). The monoisotopic (exact) mass is 406 g/mol. The summed E-state index contributed by atoms with van der Waals surface area (Å²) in [6.07, 6.45) is 2.15. The zero-order valence-corrected chi connectivity index (χ0v) is 16.5. The number of carbonyl (C=O) groups excluding carboxylic acids is 1. The molecule has 2 heterocycles. The number of fused-ring (bicyclic) bond motifs is 1. The van der Waals surface area contributed by atoms with Crippen LogP contribution >= 0.6 is 11.8 Å². The highest BCUT2D eigenvalue weighted by Crippen LogP contribution is 2.40. The Bertz CT molecular complexity index is 1090. The number of hydrogen-bond acceptors (Lipinski definition) is 5. The molecule has 0 fully saturated rings. The number of thioether (sulfide) groups is 1. The highest BCUT2D eigenvalue weighted by Gasteiger charge is 2.36. The van der Waals surface area contributed by atoms with Gasteiger partial charge in [0.2, 0.25) is 11.1 Å². The molecule has 1 aliphatic carbocycles. The summed E-state index contributed by atoms with van der Waals surface area (Å²) in [5.74, 6) is 1.21. The van der Waals surface area contributed by atoms with E-state index < -0.39 is 0 Å². The quantitative estimate of drug-likeness (QED) is 0.635. The molecule has 7 heteroatoms. The molecule has 1 atom stereocenters. The van der Waals surface area contributed by atoms with E-state index in [2.05, 4.69) is 22.4 Å². The average molecular weight is 406 g/mol. The molecule has 1 aromatic heterocycles. The number of ketones is 1. The van der Waals surface area contributed by atoms with Crippen LogP contribution in [0.1, 0.15) is 36.4 Å². The highest BCUT2D eigenvalue weighted by atomic mass is 32.2. The van der Waals surface area contributed by atoms with Crippen molar-refractivity contribution >= 4 is 23.5 Å². The standard InChI is InChI=1S/C22H19FN4OS/c23-16-11-9-15(10-12-16)20-19-17(7-4-8-18(19)28)24-21-25-22(26-27(20)21)29-13-14-5-2-1-3-6-14/h1-3,5-6,9-12,20H,4,7-8,13H2,(H,24,25,26)/t20-/m0/s1. The van der Waals surface area contributed by atoms with Gasteiger partial charge in [0.15, 0.2) is 5.78 Å². The lowest BCUT2D eigenvalue weighted by atomic mass is 9.85. The van der Waals surface area contributed by atoms with Gasteiger partial charge in [0.25, 0.3) is 0 Å². The molecule has 0 amide bonds. The van der Waals surface area contributed by atoms with Crippen LogP contribution in [0.5, 0.6) is 0 Å². The fraction of sp³-hybridized carbons (Fsp3) is 0.227. The van der Waals surface area contributed by atoms with Gasteiger partial charge in [-0.2, -0.15) is 4.98 Å². The molecule has 1 N–H and O–H groups in total. The first-order valence-electron chi connectivity index (χ1n) is 9.61. The lowest BCUT2D eigenvalue weighted by molar-refractivity contribution is -0.116. The molecule has 1 aliphatic heterocycles. The second kappa shape index (κ2) is 7.48. The first kappa shape index (κ1) is 18.1. The topological polar surface area (TPSA) is 59.8 Å². The minimum atomic E-state index is -0.381. The van der Waals surface area contributed by atoms with Gasteiger partial charge in [-0.3, -0.25) is 4.79 Å². The van der Waals surface area contributed by atoms with Crippen LogP contribution < -0.4 is 5.32 Å². The van der Waals surface area contributed by atoms with Crippen LogP contribution in [-0.4, -0.2) is 20.5 Å². The van der Waals surface area contributed by atoms with Crippen LogP contribution in [0.25, 0.3) is 0 Å². The van der Waals surface area contributed by atoms with Crippen molar-refractivity contribution in [1.29, 1.82) is 0 Å². The summed E-state index contributed by atoms with van der Waals surface area (Å²) in [7, 11) is 0. The molecule has 3 aromatic rings. The lowest BCUT2D eigenvalue weighted by Gasteiger charge is -2.32. The number of aromatic nitrogens is 3. The smallest absolute Gasteiger partial charge is 0.227 e. The van der Waals surface area contributed by atoms with E-state index in [1.807, 2.05) is 18.2 Å². The van der Waals surface area contributed by atoms with E-state index in [-0.39, 0.29) is 17.6 Å². The van der Waals surface area contributed by atoms with Gasteiger partial charge in [-0.25, -0.2) is 9.07 Å². The van der Waals surface area contributed by atoms with Gasteiger partial charge in [-0.05, 0) is 36.1 Å². The van der Waals surface area contributed by atoms with Crippen LogP contribution in [0.3, 0.4) is 0 Å². The van der Waals surface area contributed by atoms with E-state index in [1.54, 1.807) is 28.6 Å². The van der Waals surface area contributed by atoms with Crippen LogP contribution in [0.15, 0.2) is 71.0 Å². The summed E-state index contributed by atoms with van der Waals surface area (Å²) in [6.45, 7) is 0. The van der Waals surface area contributed by atoms with Crippen molar-refractivity contribution in [2.45, 2.75) is 36.2 Å². The Labute approximate surface area is 172 Å². The zero-order valence-electron chi connectivity index (χ0n) is 15.6. The minimum Gasteiger partial charge on any atom is -0.328 e. The predicted octanol–water partition coefficient (Wildman–Crippen LogP) is 4.73. The number of nitrogens with one attached hydrogen (secondary N) is 1. The number of halogens is 1. The summed E-state index contributed by atoms with van der Waals surface area (Å²) < 4.78 is 15.3. The Morgan fingerprint density at radius 2 is 1.90 bits per heavy atom. The van der Waals surface area contributed by atoms with Crippen molar-refractivity contribution in [3.05, 3.63) is 82.8 Å². The summed E-state index contributed by atoms with van der Waals surface area (Å²) in [5, 5.41) is 8.67. The molecule has 0 saturated heterocycles. The summed E-state index contributed by atoms with van der Waals surface area (Å²) in [5.41, 5.74) is 3.66. The molecular weight excluding hydrogens is 387 g/mol. The Kier molecular flexibility index (Phi) is 4.67. The maximum atomic E-state index is 13.5. The number of rotatable bonds is 4. The highest BCUT2D eigenvalue weighted by molar-refractivity contribution is 7.98. The third-order valence-electron chi connectivity index (χ3n) is 5.25. The predicted molar refractivity (Wildman–Crippen MR) is 110 cm³/mol. The molecule has 146 valence electrons. The van der Waals surface area contributed by atoms with Crippen LogP contribution in [0.4, 0.5) is 10.3 Å². The SMILES string of the molecule is O=C1CCCC2=C1[C@H](c1ccc(F)cc1)n1nc(SCc3ccccc3)nc1N2. The largest absolute Gasteiger partial charge is 0.328 e. The lowest BCUT2D eigenvalue weighted by Crippen LogP contribution is -2.31.